The lowest BCUT2D eigenvalue weighted by molar-refractivity contribution is -0.128. The summed E-state index contributed by atoms with van der Waals surface area (Å²) in [6.07, 6.45) is 4.05. The number of rotatable bonds is 4. The summed E-state index contributed by atoms with van der Waals surface area (Å²) in [5.74, 6) is 0.412. The Morgan fingerprint density at radius 2 is 1.96 bits per heavy atom. The van der Waals surface area contributed by atoms with Gasteiger partial charge in [-0.3, -0.25) is 4.79 Å². The molecule has 2 aromatic heterocycles. The molecule has 142 valence electrons. The summed E-state index contributed by atoms with van der Waals surface area (Å²) in [7, 11) is 0. The fourth-order valence-corrected chi connectivity index (χ4v) is 4.04. The maximum Gasteiger partial charge on any atom is 0.336 e. The summed E-state index contributed by atoms with van der Waals surface area (Å²) in [5, 5.41) is 7.20. The highest BCUT2D eigenvalue weighted by Crippen LogP contribution is 2.37. The SMILES string of the molecule is Cc1sc2c(c1C)C(=O)N[C@H](c1ccc(OC(=O)/C=C/c3ccco3)cc1)N2. The third-order valence-electron chi connectivity index (χ3n) is 4.52. The number of hydrogen-bond donors (Lipinski definition) is 2. The van der Waals surface area contributed by atoms with E-state index in [4.69, 9.17) is 9.15 Å². The highest BCUT2D eigenvalue weighted by atomic mass is 32.1. The summed E-state index contributed by atoms with van der Waals surface area (Å²) in [6, 6.07) is 10.5. The molecule has 0 saturated heterocycles. The van der Waals surface area contributed by atoms with Crippen LogP contribution in [0.2, 0.25) is 0 Å². The van der Waals surface area contributed by atoms with Crippen molar-refractivity contribution in [2.45, 2.75) is 20.0 Å². The van der Waals surface area contributed by atoms with Gasteiger partial charge in [0.2, 0.25) is 0 Å². The summed E-state index contributed by atoms with van der Waals surface area (Å²) in [5.41, 5.74) is 2.59. The van der Waals surface area contributed by atoms with Crippen LogP contribution in [0.25, 0.3) is 6.08 Å². The van der Waals surface area contributed by atoms with E-state index in [-0.39, 0.29) is 12.1 Å². The van der Waals surface area contributed by atoms with Crippen LogP contribution in [-0.4, -0.2) is 11.9 Å². The summed E-state index contributed by atoms with van der Waals surface area (Å²) in [4.78, 5) is 25.5. The van der Waals surface area contributed by atoms with Crippen LogP contribution in [0.5, 0.6) is 5.75 Å². The number of amides is 1. The average molecular weight is 394 g/mol. The molecule has 0 spiro atoms. The van der Waals surface area contributed by atoms with Crippen LogP contribution < -0.4 is 15.4 Å². The minimum absolute atomic E-state index is 0.0841. The normalized spacial score (nSPS) is 15.8. The Morgan fingerprint density at radius 1 is 1.18 bits per heavy atom. The van der Waals surface area contributed by atoms with Crippen molar-refractivity contribution in [3.05, 3.63) is 76.1 Å². The van der Waals surface area contributed by atoms with Crippen molar-refractivity contribution in [1.82, 2.24) is 5.32 Å². The lowest BCUT2D eigenvalue weighted by Crippen LogP contribution is -2.38. The molecule has 1 atom stereocenters. The van der Waals surface area contributed by atoms with E-state index < -0.39 is 5.97 Å². The maximum atomic E-state index is 12.5. The van der Waals surface area contributed by atoms with E-state index in [1.54, 1.807) is 41.7 Å². The first-order chi connectivity index (χ1) is 13.5. The van der Waals surface area contributed by atoms with Crippen LogP contribution in [-0.2, 0) is 4.79 Å². The standard InChI is InChI=1S/C21H18N2O4S/c1-12-13(2)28-21-18(12)20(25)22-19(23-21)14-5-7-16(8-6-14)27-17(24)10-9-15-4-3-11-26-15/h3-11,19,23H,1-2H3,(H,22,25)/b10-9+/t19-/m0/s1. The van der Waals surface area contributed by atoms with Gasteiger partial charge in [-0.15, -0.1) is 11.3 Å². The third-order valence-corrected chi connectivity index (χ3v) is 5.66. The van der Waals surface area contributed by atoms with Crippen LogP contribution in [0, 0.1) is 13.8 Å². The molecule has 1 aromatic carbocycles. The van der Waals surface area contributed by atoms with Crippen molar-refractivity contribution >= 4 is 34.3 Å². The number of esters is 1. The number of aryl methyl sites for hydroxylation is 1. The molecule has 6 nitrogen and oxygen atoms in total. The van der Waals surface area contributed by atoms with Crippen molar-refractivity contribution in [3.63, 3.8) is 0 Å². The van der Waals surface area contributed by atoms with E-state index in [2.05, 4.69) is 10.6 Å². The second-order valence-electron chi connectivity index (χ2n) is 6.38. The fourth-order valence-electron chi connectivity index (χ4n) is 2.95. The van der Waals surface area contributed by atoms with Gasteiger partial charge in [-0.1, -0.05) is 12.1 Å². The van der Waals surface area contributed by atoms with E-state index in [1.165, 1.54) is 12.3 Å². The third kappa shape index (κ3) is 3.57. The van der Waals surface area contributed by atoms with E-state index >= 15 is 0 Å². The molecule has 1 aliphatic heterocycles. The van der Waals surface area contributed by atoms with Gasteiger partial charge in [0, 0.05) is 11.0 Å². The van der Waals surface area contributed by atoms with Gasteiger partial charge in [-0.25, -0.2) is 4.79 Å². The van der Waals surface area contributed by atoms with E-state index in [0.717, 1.165) is 21.0 Å². The zero-order chi connectivity index (χ0) is 19.7. The predicted molar refractivity (Wildman–Crippen MR) is 107 cm³/mol. The zero-order valence-corrected chi connectivity index (χ0v) is 16.1. The molecular formula is C21H18N2O4S. The van der Waals surface area contributed by atoms with Gasteiger partial charge in [0.25, 0.3) is 5.91 Å². The zero-order valence-electron chi connectivity index (χ0n) is 15.3. The Labute approximate surface area is 165 Å². The second-order valence-corrected chi connectivity index (χ2v) is 7.60. The number of benzene rings is 1. The molecule has 1 amide bonds. The Hall–Kier alpha value is -3.32. The van der Waals surface area contributed by atoms with Crippen LogP contribution in [0.1, 0.15) is 38.3 Å². The Morgan fingerprint density at radius 3 is 2.68 bits per heavy atom. The molecule has 4 rings (SSSR count). The lowest BCUT2D eigenvalue weighted by atomic mass is 10.1. The molecule has 0 saturated carbocycles. The number of thiophene rings is 1. The summed E-state index contributed by atoms with van der Waals surface area (Å²) >= 11 is 1.58. The number of hydrogen-bond acceptors (Lipinski definition) is 6. The second kappa shape index (κ2) is 7.36. The number of carbonyl (C=O) groups excluding carboxylic acids is 2. The van der Waals surface area contributed by atoms with Crippen LogP contribution in [0.15, 0.2) is 53.2 Å². The Kier molecular flexibility index (Phi) is 4.75. The monoisotopic (exact) mass is 394 g/mol. The topological polar surface area (TPSA) is 80.6 Å². The first kappa shape index (κ1) is 18.1. The van der Waals surface area contributed by atoms with Crippen molar-refractivity contribution < 1.29 is 18.7 Å². The van der Waals surface area contributed by atoms with Crippen LogP contribution >= 0.6 is 11.3 Å². The maximum absolute atomic E-state index is 12.5. The number of nitrogens with one attached hydrogen (secondary N) is 2. The number of carbonyl (C=O) groups is 2. The Bertz CT molecular complexity index is 1050. The highest BCUT2D eigenvalue weighted by Gasteiger charge is 2.28. The molecule has 0 bridgehead atoms. The van der Waals surface area contributed by atoms with Gasteiger partial charge in [0.15, 0.2) is 0 Å². The van der Waals surface area contributed by atoms with E-state index in [0.29, 0.717) is 17.1 Å². The smallest absolute Gasteiger partial charge is 0.336 e. The average Bonchev–Trinajstić information content (AvgIpc) is 3.29. The van der Waals surface area contributed by atoms with Gasteiger partial charge in [-0.2, -0.15) is 0 Å². The molecule has 0 radical (unpaired) electrons. The Balaban J connectivity index is 1.43. The number of fused-ring (bicyclic) bond motifs is 1. The van der Waals surface area contributed by atoms with Crippen LogP contribution in [0.4, 0.5) is 5.00 Å². The van der Waals surface area contributed by atoms with Gasteiger partial charge in [-0.05, 0) is 55.3 Å². The minimum atomic E-state index is -0.498. The number of anilines is 1. The van der Waals surface area contributed by atoms with Crippen molar-refractivity contribution in [2.75, 3.05) is 5.32 Å². The number of ether oxygens (including phenoxy) is 1. The lowest BCUT2D eigenvalue weighted by Gasteiger charge is -2.26. The van der Waals surface area contributed by atoms with E-state index in [9.17, 15) is 9.59 Å². The van der Waals surface area contributed by atoms with Crippen LogP contribution in [0.3, 0.4) is 0 Å². The first-order valence-corrected chi connectivity index (χ1v) is 9.53. The van der Waals surface area contributed by atoms with Crippen molar-refractivity contribution in [3.8, 4) is 5.75 Å². The largest absolute Gasteiger partial charge is 0.465 e. The summed E-state index contributed by atoms with van der Waals surface area (Å²) < 4.78 is 10.4. The van der Waals surface area contributed by atoms with Crippen molar-refractivity contribution in [2.24, 2.45) is 0 Å². The molecule has 28 heavy (non-hydrogen) atoms. The van der Waals surface area contributed by atoms with Gasteiger partial charge >= 0.3 is 5.97 Å². The van der Waals surface area contributed by atoms with E-state index in [1.807, 2.05) is 26.0 Å². The minimum Gasteiger partial charge on any atom is -0.465 e. The molecule has 7 heteroatoms. The quantitative estimate of drug-likeness (QED) is 0.389. The molecule has 0 unspecified atom stereocenters. The molecular weight excluding hydrogens is 376 g/mol. The van der Waals surface area contributed by atoms with Gasteiger partial charge < -0.3 is 19.8 Å². The highest BCUT2D eigenvalue weighted by molar-refractivity contribution is 7.16. The first-order valence-electron chi connectivity index (χ1n) is 8.72. The molecule has 0 fully saturated rings. The summed E-state index contributed by atoms with van der Waals surface area (Å²) in [6.45, 7) is 3.96. The predicted octanol–water partition coefficient (Wildman–Crippen LogP) is 4.43. The molecule has 3 aromatic rings. The molecule has 1 aliphatic rings. The fraction of sp³-hybridized carbons (Fsp3) is 0.143. The van der Waals surface area contributed by atoms with Crippen molar-refractivity contribution in [1.29, 1.82) is 0 Å². The molecule has 2 N–H and O–H groups in total. The van der Waals surface area contributed by atoms with Gasteiger partial charge in [0.05, 0.1) is 11.8 Å². The molecule has 0 aliphatic carbocycles. The molecule has 3 heterocycles. The number of furan rings is 1. The van der Waals surface area contributed by atoms with Gasteiger partial charge in [0.1, 0.15) is 22.7 Å².